The highest BCUT2D eigenvalue weighted by Crippen LogP contribution is 2.12. The molecule has 0 saturated carbocycles. The summed E-state index contributed by atoms with van der Waals surface area (Å²) in [5.41, 5.74) is 1.34. The maximum atomic E-state index is 12.3. The van der Waals surface area contributed by atoms with Crippen LogP contribution in [0.2, 0.25) is 0 Å². The molecule has 0 unspecified atom stereocenters. The molecule has 5 heteroatoms. The van der Waals surface area contributed by atoms with E-state index in [1.807, 2.05) is 6.07 Å². The highest BCUT2D eigenvalue weighted by molar-refractivity contribution is 7.89. The van der Waals surface area contributed by atoms with Crippen molar-refractivity contribution in [2.75, 3.05) is 38.5 Å². The Bertz CT molecular complexity index is 535. The summed E-state index contributed by atoms with van der Waals surface area (Å²) < 4.78 is 26.2. The second-order valence-corrected chi connectivity index (χ2v) is 8.56. The predicted octanol–water partition coefficient (Wildman–Crippen LogP) is 2.22. The zero-order chi connectivity index (χ0) is 16.0. The molecule has 0 spiro atoms. The molecule has 0 N–H and O–H groups in total. The van der Waals surface area contributed by atoms with Crippen LogP contribution in [0.3, 0.4) is 0 Å². The first-order valence-electron chi connectivity index (χ1n) is 8.21. The lowest BCUT2D eigenvalue weighted by Crippen LogP contribution is -2.49. The van der Waals surface area contributed by atoms with Crippen molar-refractivity contribution >= 4 is 10.0 Å². The number of hydrogen-bond acceptors (Lipinski definition) is 3. The first-order chi connectivity index (χ1) is 10.5. The molecule has 2 rings (SSSR count). The van der Waals surface area contributed by atoms with Crippen LogP contribution in [0.4, 0.5) is 0 Å². The normalized spacial score (nSPS) is 18.0. The van der Waals surface area contributed by atoms with Crippen molar-refractivity contribution in [3.63, 3.8) is 0 Å². The molecule has 1 aliphatic rings. The Labute approximate surface area is 135 Å². The average molecular weight is 324 g/mol. The third kappa shape index (κ3) is 5.38. The zero-order valence-electron chi connectivity index (χ0n) is 13.7. The average Bonchev–Trinajstić information content (AvgIpc) is 2.52. The molecule has 0 radical (unpaired) electrons. The molecular formula is C17H28N2O2S. The van der Waals surface area contributed by atoms with E-state index in [1.165, 1.54) is 5.56 Å². The van der Waals surface area contributed by atoms with Gasteiger partial charge in [-0.2, -0.15) is 4.31 Å². The number of piperazine rings is 1. The van der Waals surface area contributed by atoms with Gasteiger partial charge in [0.25, 0.3) is 0 Å². The maximum absolute atomic E-state index is 12.3. The van der Waals surface area contributed by atoms with E-state index in [4.69, 9.17) is 0 Å². The molecule has 0 atom stereocenters. The molecule has 124 valence electrons. The highest BCUT2D eigenvalue weighted by Gasteiger charge is 2.26. The molecule has 22 heavy (non-hydrogen) atoms. The minimum Gasteiger partial charge on any atom is -0.300 e. The van der Waals surface area contributed by atoms with Gasteiger partial charge in [-0.1, -0.05) is 44.2 Å². The SMILES string of the molecule is CC(C)CCS(=O)(=O)N1CCN(CCc2ccccc2)CC1. The van der Waals surface area contributed by atoms with E-state index in [0.717, 1.165) is 32.5 Å². The number of rotatable bonds is 7. The van der Waals surface area contributed by atoms with Gasteiger partial charge in [0, 0.05) is 32.7 Å². The molecule has 0 aromatic heterocycles. The molecule has 4 nitrogen and oxygen atoms in total. The monoisotopic (exact) mass is 324 g/mol. The number of nitrogens with zero attached hydrogens (tertiary/aromatic N) is 2. The summed E-state index contributed by atoms with van der Waals surface area (Å²) >= 11 is 0. The Balaban J connectivity index is 1.75. The van der Waals surface area contributed by atoms with Crippen molar-refractivity contribution in [3.05, 3.63) is 35.9 Å². The van der Waals surface area contributed by atoms with Crippen molar-refractivity contribution in [2.45, 2.75) is 26.7 Å². The summed E-state index contributed by atoms with van der Waals surface area (Å²) in [4.78, 5) is 2.36. The summed E-state index contributed by atoms with van der Waals surface area (Å²) in [6.45, 7) is 8.09. The lowest BCUT2D eigenvalue weighted by molar-refractivity contribution is 0.190. The quantitative estimate of drug-likeness (QED) is 0.772. The topological polar surface area (TPSA) is 40.6 Å². The molecule has 1 aromatic carbocycles. The third-order valence-corrected chi connectivity index (χ3v) is 6.14. The second kappa shape index (κ2) is 8.09. The Morgan fingerprint density at radius 3 is 2.27 bits per heavy atom. The lowest BCUT2D eigenvalue weighted by Gasteiger charge is -2.34. The van der Waals surface area contributed by atoms with E-state index in [2.05, 4.69) is 43.0 Å². The van der Waals surface area contributed by atoms with Gasteiger partial charge >= 0.3 is 0 Å². The summed E-state index contributed by atoms with van der Waals surface area (Å²) in [6, 6.07) is 10.5. The van der Waals surface area contributed by atoms with Crippen LogP contribution < -0.4 is 0 Å². The molecule has 0 amide bonds. The van der Waals surface area contributed by atoms with E-state index in [-0.39, 0.29) is 5.75 Å². The molecule has 1 saturated heterocycles. The van der Waals surface area contributed by atoms with Crippen molar-refractivity contribution in [3.8, 4) is 0 Å². The van der Waals surface area contributed by atoms with E-state index < -0.39 is 10.0 Å². The van der Waals surface area contributed by atoms with E-state index in [0.29, 0.717) is 19.0 Å². The van der Waals surface area contributed by atoms with Crippen molar-refractivity contribution in [2.24, 2.45) is 5.92 Å². The fraction of sp³-hybridized carbons (Fsp3) is 0.647. The van der Waals surface area contributed by atoms with E-state index in [9.17, 15) is 8.42 Å². The number of hydrogen-bond donors (Lipinski definition) is 0. The minimum absolute atomic E-state index is 0.286. The van der Waals surface area contributed by atoms with Gasteiger partial charge in [0.2, 0.25) is 10.0 Å². The Hall–Kier alpha value is -0.910. The molecule has 1 aromatic rings. The molecule has 0 bridgehead atoms. The van der Waals surface area contributed by atoms with Gasteiger partial charge in [0.1, 0.15) is 0 Å². The van der Waals surface area contributed by atoms with E-state index in [1.54, 1.807) is 4.31 Å². The van der Waals surface area contributed by atoms with Gasteiger partial charge in [-0.15, -0.1) is 0 Å². The second-order valence-electron chi connectivity index (χ2n) is 6.47. The van der Waals surface area contributed by atoms with Crippen molar-refractivity contribution < 1.29 is 8.42 Å². The van der Waals surface area contributed by atoms with E-state index >= 15 is 0 Å². The number of sulfonamides is 1. The lowest BCUT2D eigenvalue weighted by atomic mass is 10.1. The summed E-state index contributed by atoms with van der Waals surface area (Å²) in [5.74, 6) is 0.719. The zero-order valence-corrected chi connectivity index (χ0v) is 14.6. The highest BCUT2D eigenvalue weighted by atomic mass is 32.2. The minimum atomic E-state index is -3.06. The summed E-state index contributed by atoms with van der Waals surface area (Å²) in [7, 11) is -3.06. The van der Waals surface area contributed by atoms with Crippen molar-refractivity contribution in [1.29, 1.82) is 0 Å². The standard InChI is InChI=1S/C17H28N2O2S/c1-16(2)9-15-22(20,21)19-13-11-18(12-14-19)10-8-17-6-4-3-5-7-17/h3-7,16H,8-15H2,1-2H3. The van der Waals surface area contributed by atoms with Crippen LogP contribution in [0.5, 0.6) is 0 Å². The van der Waals surface area contributed by atoms with Gasteiger partial charge in [0.05, 0.1) is 5.75 Å². The van der Waals surface area contributed by atoms with Gasteiger partial charge in [0.15, 0.2) is 0 Å². The molecular weight excluding hydrogens is 296 g/mol. The Kier molecular flexibility index (Phi) is 6.41. The fourth-order valence-corrected chi connectivity index (χ4v) is 4.42. The first kappa shape index (κ1) is 17.4. The summed E-state index contributed by atoms with van der Waals surface area (Å²) in [5, 5.41) is 0. The fourth-order valence-electron chi connectivity index (χ4n) is 2.68. The van der Waals surface area contributed by atoms with Crippen LogP contribution in [0.15, 0.2) is 30.3 Å². The van der Waals surface area contributed by atoms with Gasteiger partial charge < -0.3 is 4.90 Å². The molecule has 1 fully saturated rings. The maximum Gasteiger partial charge on any atom is 0.214 e. The Morgan fingerprint density at radius 1 is 1.05 bits per heavy atom. The van der Waals surface area contributed by atoms with Crippen LogP contribution in [0.25, 0.3) is 0 Å². The van der Waals surface area contributed by atoms with Crippen LogP contribution in [-0.4, -0.2) is 56.1 Å². The van der Waals surface area contributed by atoms with Gasteiger partial charge in [-0.3, -0.25) is 0 Å². The van der Waals surface area contributed by atoms with Gasteiger partial charge in [-0.05, 0) is 24.3 Å². The van der Waals surface area contributed by atoms with Crippen molar-refractivity contribution in [1.82, 2.24) is 9.21 Å². The summed E-state index contributed by atoms with van der Waals surface area (Å²) in [6.07, 6.45) is 1.78. The molecule has 1 heterocycles. The number of benzene rings is 1. The van der Waals surface area contributed by atoms with Crippen LogP contribution in [-0.2, 0) is 16.4 Å². The Morgan fingerprint density at radius 2 is 1.68 bits per heavy atom. The van der Waals surface area contributed by atoms with Crippen LogP contribution in [0, 0.1) is 5.92 Å². The smallest absolute Gasteiger partial charge is 0.214 e. The van der Waals surface area contributed by atoms with Gasteiger partial charge in [-0.25, -0.2) is 8.42 Å². The molecule has 1 aliphatic heterocycles. The predicted molar refractivity (Wildman–Crippen MR) is 91.4 cm³/mol. The first-order valence-corrected chi connectivity index (χ1v) is 9.82. The third-order valence-electron chi connectivity index (χ3n) is 4.24. The largest absolute Gasteiger partial charge is 0.300 e. The van der Waals surface area contributed by atoms with Crippen LogP contribution in [0.1, 0.15) is 25.8 Å². The van der Waals surface area contributed by atoms with Crippen LogP contribution >= 0.6 is 0 Å². The molecule has 0 aliphatic carbocycles.